The lowest BCUT2D eigenvalue weighted by Crippen LogP contribution is -2.30. The fourth-order valence-electron chi connectivity index (χ4n) is 1.69. The summed E-state index contributed by atoms with van der Waals surface area (Å²) in [6, 6.07) is 6.63. The molecule has 0 aromatic heterocycles. The van der Waals surface area contributed by atoms with Crippen LogP contribution in [0.15, 0.2) is 24.3 Å². The van der Waals surface area contributed by atoms with E-state index in [9.17, 15) is 14.4 Å². The molecule has 0 aliphatic heterocycles. The highest BCUT2D eigenvalue weighted by Gasteiger charge is 2.30. The van der Waals surface area contributed by atoms with Crippen LogP contribution in [-0.4, -0.2) is 41.9 Å². The Morgan fingerprint density at radius 3 is 2.29 bits per heavy atom. The van der Waals surface area contributed by atoms with Crippen LogP contribution in [0.5, 0.6) is 0 Å². The second kappa shape index (κ2) is 6.39. The molecule has 0 bridgehead atoms. The second-order valence-corrected chi connectivity index (χ2v) is 5.66. The lowest BCUT2D eigenvalue weighted by atomic mass is 9.89. The van der Waals surface area contributed by atoms with Crippen LogP contribution in [0.3, 0.4) is 0 Å². The van der Waals surface area contributed by atoms with Gasteiger partial charge in [0.2, 0.25) is 5.91 Å². The standard InChI is InChI=1S/C15H20N2O4/c1-15(2,14(20)21)9-12(18)16-11-8-6-5-7-10(11)13(19)17(3)4/h5-8H,9H2,1-4H3,(H,16,18)(H,20,21). The van der Waals surface area contributed by atoms with Gasteiger partial charge in [0.25, 0.3) is 5.91 Å². The van der Waals surface area contributed by atoms with Crippen molar-refractivity contribution in [2.24, 2.45) is 5.41 Å². The fourth-order valence-corrected chi connectivity index (χ4v) is 1.69. The Hall–Kier alpha value is -2.37. The molecule has 0 radical (unpaired) electrons. The Labute approximate surface area is 123 Å². The van der Waals surface area contributed by atoms with E-state index in [-0.39, 0.29) is 12.3 Å². The average Bonchev–Trinajstić information content (AvgIpc) is 2.37. The van der Waals surface area contributed by atoms with Crippen molar-refractivity contribution >= 4 is 23.5 Å². The summed E-state index contributed by atoms with van der Waals surface area (Å²) >= 11 is 0. The topological polar surface area (TPSA) is 86.7 Å². The van der Waals surface area contributed by atoms with Crippen LogP contribution < -0.4 is 5.32 Å². The van der Waals surface area contributed by atoms with Gasteiger partial charge in [0.15, 0.2) is 0 Å². The Kier molecular flexibility index (Phi) is 5.07. The zero-order chi connectivity index (χ0) is 16.2. The summed E-state index contributed by atoms with van der Waals surface area (Å²) in [5, 5.41) is 11.6. The Balaban J connectivity index is 2.92. The monoisotopic (exact) mass is 292 g/mol. The molecule has 0 fully saturated rings. The molecule has 6 heteroatoms. The third-order valence-electron chi connectivity index (χ3n) is 3.02. The van der Waals surface area contributed by atoms with Gasteiger partial charge in [-0.05, 0) is 26.0 Å². The van der Waals surface area contributed by atoms with E-state index in [1.165, 1.54) is 18.7 Å². The van der Waals surface area contributed by atoms with E-state index in [1.807, 2.05) is 0 Å². The number of hydrogen-bond donors (Lipinski definition) is 2. The van der Waals surface area contributed by atoms with Gasteiger partial charge in [-0.25, -0.2) is 0 Å². The lowest BCUT2D eigenvalue weighted by molar-refractivity contribution is -0.148. The maximum absolute atomic E-state index is 12.0. The molecule has 2 amide bonds. The molecule has 1 rings (SSSR count). The average molecular weight is 292 g/mol. The normalized spacial score (nSPS) is 10.9. The largest absolute Gasteiger partial charge is 0.481 e. The van der Waals surface area contributed by atoms with E-state index in [0.29, 0.717) is 11.3 Å². The number of carboxylic acids is 1. The number of aliphatic carboxylic acids is 1. The van der Waals surface area contributed by atoms with Crippen molar-refractivity contribution in [1.82, 2.24) is 4.90 Å². The van der Waals surface area contributed by atoms with Crippen LogP contribution in [0.2, 0.25) is 0 Å². The van der Waals surface area contributed by atoms with Crippen molar-refractivity contribution in [3.8, 4) is 0 Å². The number of benzene rings is 1. The van der Waals surface area contributed by atoms with Crippen molar-refractivity contribution in [3.63, 3.8) is 0 Å². The first kappa shape index (κ1) is 16.7. The van der Waals surface area contributed by atoms with Crippen molar-refractivity contribution < 1.29 is 19.5 Å². The highest BCUT2D eigenvalue weighted by Crippen LogP contribution is 2.23. The van der Waals surface area contributed by atoms with E-state index in [4.69, 9.17) is 5.11 Å². The fraction of sp³-hybridized carbons (Fsp3) is 0.400. The molecule has 2 N–H and O–H groups in total. The van der Waals surface area contributed by atoms with E-state index >= 15 is 0 Å². The molecule has 0 aliphatic rings. The number of carboxylic acid groups (broad SMARTS) is 1. The van der Waals surface area contributed by atoms with E-state index in [2.05, 4.69) is 5.32 Å². The van der Waals surface area contributed by atoms with Crippen molar-refractivity contribution in [1.29, 1.82) is 0 Å². The predicted molar refractivity (Wildman–Crippen MR) is 79.1 cm³/mol. The minimum absolute atomic E-state index is 0.174. The summed E-state index contributed by atoms with van der Waals surface area (Å²) in [6.07, 6.45) is -0.174. The summed E-state index contributed by atoms with van der Waals surface area (Å²) in [4.78, 5) is 36.4. The molecule has 0 unspecified atom stereocenters. The van der Waals surface area contributed by atoms with Crippen molar-refractivity contribution in [2.45, 2.75) is 20.3 Å². The molecule has 6 nitrogen and oxygen atoms in total. The van der Waals surface area contributed by atoms with Gasteiger partial charge in [0.1, 0.15) is 0 Å². The predicted octanol–water partition coefficient (Wildman–Crippen LogP) is 1.83. The highest BCUT2D eigenvalue weighted by atomic mass is 16.4. The van der Waals surface area contributed by atoms with Crippen LogP contribution in [0.25, 0.3) is 0 Å². The number of amides is 2. The Bertz CT molecular complexity index is 565. The van der Waals surface area contributed by atoms with Gasteiger partial charge in [-0.3, -0.25) is 14.4 Å². The molecular formula is C15H20N2O4. The third-order valence-corrected chi connectivity index (χ3v) is 3.02. The first-order valence-corrected chi connectivity index (χ1v) is 6.49. The lowest BCUT2D eigenvalue weighted by Gasteiger charge is -2.19. The van der Waals surface area contributed by atoms with Gasteiger partial charge in [-0.15, -0.1) is 0 Å². The number of rotatable bonds is 5. The van der Waals surface area contributed by atoms with Gasteiger partial charge in [0, 0.05) is 20.5 Å². The molecule has 0 atom stereocenters. The number of para-hydroxylation sites is 1. The molecule has 0 spiro atoms. The molecule has 114 valence electrons. The molecule has 0 heterocycles. The zero-order valence-corrected chi connectivity index (χ0v) is 12.6. The smallest absolute Gasteiger partial charge is 0.309 e. The van der Waals surface area contributed by atoms with Crippen LogP contribution >= 0.6 is 0 Å². The maximum Gasteiger partial charge on any atom is 0.309 e. The van der Waals surface area contributed by atoms with Gasteiger partial charge in [0.05, 0.1) is 16.7 Å². The number of carbonyl (C=O) groups is 3. The second-order valence-electron chi connectivity index (χ2n) is 5.66. The maximum atomic E-state index is 12.0. The minimum atomic E-state index is -1.16. The van der Waals surface area contributed by atoms with Crippen LogP contribution in [-0.2, 0) is 9.59 Å². The molecular weight excluding hydrogens is 272 g/mol. The molecule has 0 saturated heterocycles. The summed E-state index contributed by atoms with van der Waals surface area (Å²) in [5.74, 6) is -1.72. The van der Waals surface area contributed by atoms with E-state index in [0.717, 1.165) is 0 Å². The summed E-state index contributed by atoms with van der Waals surface area (Å²) in [5.41, 5.74) is -0.420. The zero-order valence-electron chi connectivity index (χ0n) is 12.6. The van der Waals surface area contributed by atoms with Crippen LogP contribution in [0.4, 0.5) is 5.69 Å². The third kappa shape index (κ3) is 4.30. The van der Waals surface area contributed by atoms with Gasteiger partial charge in [-0.1, -0.05) is 12.1 Å². The summed E-state index contributed by atoms with van der Waals surface area (Å²) < 4.78 is 0. The molecule has 0 saturated carbocycles. The Morgan fingerprint density at radius 1 is 1.19 bits per heavy atom. The molecule has 1 aromatic rings. The summed E-state index contributed by atoms with van der Waals surface area (Å²) in [7, 11) is 3.24. The van der Waals surface area contributed by atoms with Crippen molar-refractivity contribution in [3.05, 3.63) is 29.8 Å². The van der Waals surface area contributed by atoms with Crippen molar-refractivity contribution in [2.75, 3.05) is 19.4 Å². The number of nitrogens with zero attached hydrogens (tertiary/aromatic N) is 1. The van der Waals surface area contributed by atoms with Gasteiger partial charge >= 0.3 is 5.97 Å². The quantitative estimate of drug-likeness (QED) is 0.866. The first-order valence-electron chi connectivity index (χ1n) is 6.49. The van der Waals surface area contributed by atoms with E-state index in [1.54, 1.807) is 38.4 Å². The number of carbonyl (C=O) groups excluding carboxylic acids is 2. The van der Waals surface area contributed by atoms with Gasteiger partial charge < -0.3 is 15.3 Å². The SMILES string of the molecule is CN(C)C(=O)c1ccccc1NC(=O)CC(C)(C)C(=O)O. The Morgan fingerprint density at radius 2 is 1.76 bits per heavy atom. The molecule has 21 heavy (non-hydrogen) atoms. The molecule has 1 aromatic carbocycles. The van der Waals surface area contributed by atoms with E-state index < -0.39 is 17.3 Å². The molecule has 0 aliphatic carbocycles. The highest BCUT2D eigenvalue weighted by molar-refractivity contribution is 6.04. The number of hydrogen-bond acceptors (Lipinski definition) is 3. The minimum Gasteiger partial charge on any atom is -0.481 e. The first-order chi connectivity index (χ1) is 9.65. The number of nitrogens with one attached hydrogen (secondary N) is 1. The van der Waals surface area contributed by atoms with Crippen LogP contribution in [0, 0.1) is 5.41 Å². The van der Waals surface area contributed by atoms with Crippen LogP contribution in [0.1, 0.15) is 30.6 Å². The van der Waals surface area contributed by atoms with Gasteiger partial charge in [-0.2, -0.15) is 0 Å². The summed E-state index contributed by atoms with van der Waals surface area (Å²) in [6.45, 7) is 2.96. The number of anilines is 1.